The molecule has 2 aromatic carbocycles. The summed E-state index contributed by atoms with van der Waals surface area (Å²) in [7, 11) is 0. The number of aryl methyl sites for hydroxylation is 2. The van der Waals surface area contributed by atoms with Gasteiger partial charge in [0.1, 0.15) is 5.75 Å². The smallest absolute Gasteiger partial charge is 0.258 e. The average molecular weight is 397 g/mol. The predicted octanol–water partition coefficient (Wildman–Crippen LogP) is 4.98. The molecule has 122 valence electrons. The summed E-state index contributed by atoms with van der Waals surface area (Å²) < 4.78 is 6.34. The standard InChI is InChI=1S/C18H19BrClNO2/c1-11-4-6-15(12(2)8-11)13(3)21-18(22)10-23-17-7-5-14(19)9-16(17)20/h4-9,13H,10H2,1-3H3,(H,21,22). The van der Waals surface area contributed by atoms with Crippen molar-refractivity contribution in [2.45, 2.75) is 26.8 Å². The molecular formula is C18H19BrClNO2. The number of benzene rings is 2. The van der Waals surface area contributed by atoms with E-state index >= 15 is 0 Å². The highest BCUT2D eigenvalue weighted by atomic mass is 79.9. The van der Waals surface area contributed by atoms with Gasteiger partial charge in [-0.2, -0.15) is 0 Å². The Hall–Kier alpha value is -1.52. The highest BCUT2D eigenvalue weighted by molar-refractivity contribution is 9.10. The van der Waals surface area contributed by atoms with E-state index in [1.807, 2.05) is 32.0 Å². The fraction of sp³-hybridized carbons (Fsp3) is 0.278. The Balaban J connectivity index is 1.93. The van der Waals surface area contributed by atoms with Gasteiger partial charge < -0.3 is 10.1 Å². The van der Waals surface area contributed by atoms with Crippen LogP contribution in [0.5, 0.6) is 5.75 Å². The normalized spacial score (nSPS) is 11.9. The molecule has 0 aliphatic carbocycles. The van der Waals surface area contributed by atoms with E-state index in [0.717, 1.165) is 15.6 Å². The number of ether oxygens (including phenoxy) is 1. The van der Waals surface area contributed by atoms with Crippen molar-refractivity contribution < 1.29 is 9.53 Å². The number of rotatable bonds is 5. The second kappa shape index (κ2) is 7.84. The van der Waals surface area contributed by atoms with Crippen molar-refractivity contribution in [3.05, 3.63) is 62.6 Å². The summed E-state index contributed by atoms with van der Waals surface area (Å²) in [5, 5.41) is 3.41. The van der Waals surface area contributed by atoms with Crippen LogP contribution in [0.25, 0.3) is 0 Å². The summed E-state index contributed by atoms with van der Waals surface area (Å²) in [6.45, 7) is 5.98. The van der Waals surface area contributed by atoms with Gasteiger partial charge in [0.05, 0.1) is 11.1 Å². The van der Waals surface area contributed by atoms with Crippen molar-refractivity contribution in [2.24, 2.45) is 0 Å². The van der Waals surface area contributed by atoms with E-state index in [1.165, 1.54) is 5.56 Å². The van der Waals surface area contributed by atoms with E-state index in [2.05, 4.69) is 34.2 Å². The number of carbonyl (C=O) groups is 1. The maximum atomic E-state index is 12.1. The third-order valence-electron chi connectivity index (χ3n) is 3.52. The van der Waals surface area contributed by atoms with Gasteiger partial charge in [0, 0.05) is 4.47 Å². The van der Waals surface area contributed by atoms with Crippen LogP contribution < -0.4 is 10.1 Å². The highest BCUT2D eigenvalue weighted by Gasteiger charge is 2.13. The van der Waals surface area contributed by atoms with Gasteiger partial charge in [0.15, 0.2) is 6.61 Å². The lowest BCUT2D eigenvalue weighted by molar-refractivity contribution is -0.123. The topological polar surface area (TPSA) is 38.3 Å². The van der Waals surface area contributed by atoms with Crippen LogP contribution in [-0.4, -0.2) is 12.5 Å². The number of halogens is 2. The van der Waals surface area contributed by atoms with Crippen LogP contribution in [0.15, 0.2) is 40.9 Å². The number of carbonyl (C=O) groups excluding carboxylic acids is 1. The van der Waals surface area contributed by atoms with Gasteiger partial charge in [-0.25, -0.2) is 0 Å². The molecule has 23 heavy (non-hydrogen) atoms. The van der Waals surface area contributed by atoms with Gasteiger partial charge >= 0.3 is 0 Å². The quantitative estimate of drug-likeness (QED) is 0.774. The third-order valence-corrected chi connectivity index (χ3v) is 4.31. The lowest BCUT2D eigenvalue weighted by atomic mass is 10.0. The molecule has 0 radical (unpaired) electrons. The van der Waals surface area contributed by atoms with Gasteiger partial charge in [-0.05, 0) is 50.1 Å². The summed E-state index contributed by atoms with van der Waals surface area (Å²) in [6, 6.07) is 11.4. The van der Waals surface area contributed by atoms with Crippen molar-refractivity contribution in [1.29, 1.82) is 0 Å². The molecule has 1 amide bonds. The maximum absolute atomic E-state index is 12.1. The van der Waals surface area contributed by atoms with Crippen LogP contribution in [-0.2, 0) is 4.79 Å². The molecular weight excluding hydrogens is 378 g/mol. The minimum absolute atomic E-state index is 0.0728. The van der Waals surface area contributed by atoms with Crippen LogP contribution in [0.1, 0.15) is 29.7 Å². The lowest BCUT2D eigenvalue weighted by Crippen LogP contribution is -2.31. The second-order valence-corrected chi connectivity index (χ2v) is 6.84. The van der Waals surface area contributed by atoms with Gasteiger partial charge in [0.2, 0.25) is 0 Å². The fourth-order valence-corrected chi connectivity index (χ4v) is 3.14. The zero-order chi connectivity index (χ0) is 17.0. The lowest BCUT2D eigenvalue weighted by Gasteiger charge is -2.17. The first-order valence-corrected chi connectivity index (χ1v) is 8.48. The van der Waals surface area contributed by atoms with Crippen molar-refractivity contribution in [3.8, 4) is 5.75 Å². The Morgan fingerprint density at radius 3 is 2.65 bits per heavy atom. The van der Waals surface area contributed by atoms with E-state index in [9.17, 15) is 4.79 Å². The molecule has 0 aromatic heterocycles. The Morgan fingerprint density at radius 1 is 1.26 bits per heavy atom. The van der Waals surface area contributed by atoms with Crippen molar-refractivity contribution in [3.63, 3.8) is 0 Å². The molecule has 0 fully saturated rings. The summed E-state index contributed by atoms with van der Waals surface area (Å²) >= 11 is 9.39. The van der Waals surface area contributed by atoms with Crippen LogP contribution in [0.3, 0.4) is 0 Å². The van der Waals surface area contributed by atoms with Crippen LogP contribution in [0.4, 0.5) is 0 Å². The van der Waals surface area contributed by atoms with E-state index in [0.29, 0.717) is 10.8 Å². The molecule has 0 aliphatic rings. The van der Waals surface area contributed by atoms with E-state index < -0.39 is 0 Å². The first-order valence-electron chi connectivity index (χ1n) is 7.31. The molecule has 3 nitrogen and oxygen atoms in total. The van der Waals surface area contributed by atoms with Crippen LogP contribution in [0.2, 0.25) is 5.02 Å². The SMILES string of the molecule is Cc1ccc(C(C)NC(=O)COc2ccc(Br)cc2Cl)c(C)c1. The highest BCUT2D eigenvalue weighted by Crippen LogP contribution is 2.27. The van der Waals surface area contributed by atoms with Gasteiger partial charge in [-0.3, -0.25) is 4.79 Å². The molecule has 2 rings (SSSR count). The molecule has 0 aliphatic heterocycles. The molecule has 0 bridgehead atoms. The Morgan fingerprint density at radius 2 is 2.00 bits per heavy atom. The molecule has 0 saturated heterocycles. The molecule has 1 unspecified atom stereocenters. The summed E-state index contributed by atoms with van der Waals surface area (Å²) in [5.41, 5.74) is 3.47. The van der Waals surface area contributed by atoms with E-state index in [-0.39, 0.29) is 18.6 Å². The molecule has 0 spiro atoms. The Bertz CT molecular complexity index is 718. The zero-order valence-corrected chi connectivity index (χ0v) is 15.7. The average Bonchev–Trinajstić information content (AvgIpc) is 2.46. The van der Waals surface area contributed by atoms with Crippen LogP contribution in [0, 0.1) is 13.8 Å². The summed E-state index contributed by atoms with van der Waals surface area (Å²) in [5.74, 6) is 0.306. The van der Waals surface area contributed by atoms with Crippen molar-refractivity contribution >= 4 is 33.4 Å². The molecule has 0 saturated carbocycles. The summed E-state index contributed by atoms with van der Waals surface area (Å²) in [6.07, 6.45) is 0. The first kappa shape index (κ1) is 17.8. The molecule has 2 aromatic rings. The van der Waals surface area contributed by atoms with E-state index in [1.54, 1.807) is 12.1 Å². The fourth-order valence-electron chi connectivity index (χ4n) is 2.41. The van der Waals surface area contributed by atoms with Crippen molar-refractivity contribution in [1.82, 2.24) is 5.32 Å². The number of nitrogens with one attached hydrogen (secondary N) is 1. The van der Waals surface area contributed by atoms with Crippen LogP contribution >= 0.6 is 27.5 Å². The second-order valence-electron chi connectivity index (χ2n) is 5.51. The number of amides is 1. The molecule has 5 heteroatoms. The monoisotopic (exact) mass is 395 g/mol. The minimum Gasteiger partial charge on any atom is -0.482 e. The Kier molecular flexibility index (Phi) is 6.08. The minimum atomic E-state index is -0.184. The van der Waals surface area contributed by atoms with Gasteiger partial charge in [-0.1, -0.05) is 51.3 Å². The Labute approximate surface area is 150 Å². The maximum Gasteiger partial charge on any atom is 0.258 e. The molecule has 0 heterocycles. The number of hydrogen-bond acceptors (Lipinski definition) is 2. The van der Waals surface area contributed by atoms with Gasteiger partial charge in [-0.15, -0.1) is 0 Å². The van der Waals surface area contributed by atoms with Gasteiger partial charge in [0.25, 0.3) is 5.91 Å². The summed E-state index contributed by atoms with van der Waals surface area (Å²) in [4.78, 5) is 12.1. The van der Waals surface area contributed by atoms with E-state index in [4.69, 9.17) is 16.3 Å². The first-order chi connectivity index (χ1) is 10.9. The third kappa shape index (κ3) is 4.98. The zero-order valence-electron chi connectivity index (χ0n) is 13.3. The predicted molar refractivity (Wildman–Crippen MR) is 97.1 cm³/mol. The molecule has 1 atom stereocenters. The largest absolute Gasteiger partial charge is 0.482 e. The molecule has 1 N–H and O–H groups in total. The number of hydrogen-bond donors (Lipinski definition) is 1. The van der Waals surface area contributed by atoms with Crippen molar-refractivity contribution in [2.75, 3.05) is 6.61 Å².